The predicted molar refractivity (Wildman–Crippen MR) is 48.5 cm³/mol. The van der Waals surface area contributed by atoms with Crippen molar-refractivity contribution in [2.75, 3.05) is 26.4 Å². The number of nitrogens with zero attached hydrogens (tertiary/aromatic N) is 2. The number of aliphatic hydroxyl groups excluding tert-OH is 2. The number of rotatable bonds is 3. The Bertz CT molecular complexity index is 249. The molecule has 0 radical (unpaired) electrons. The van der Waals surface area contributed by atoms with Gasteiger partial charge in [0.05, 0.1) is 13.2 Å². The first-order valence-electron chi connectivity index (χ1n) is 4.46. The Morgan fingerprint density at radius 3 is 1.71 bits per heavy atom. The Morgan fingerprint density at radius 1 is 1.00 bits per heavy atom. The third-order valence-electron chi connectivity index (χ3n) is 2.03. The second-order valence-electron chi connectivity index (χ2n) is 3.16. The van der Waals surface area contributed by atoms with Gasteiger partial charge in [-0.1, -0.05) is 0 Å². The quantitative estimate of drug-likeness (QED) is 0.584. The molecule has 6 nitrogen and oxygen atoms in total. The smallest absolute Gasteiger partial charge is 0.273 e. The van der Waals surface area contributed by atoms with Gasteiger partial charge in [-0.2, -0.15) is 0 Å². The van der Waals surface area contributed by atoms with Crippen molar-refractivity contribution in [2.45, 2.75) is 12.1 Å². The van der Waals surface area contributed by atoms with E-state index in [1.54, 1.807) is 0 Å². The van der Waals surface area contributed by atoms with Gasteiger partial charge in [-0.25, -0.2) is 9.98 Å². The maximum absolute atomic E-state index is 8.82. The minimum absolute atomic E-state index is 0.0415. The SMILES string of the molecule is OC[C@H]1COC(C2=N[C@@H](CO)CO2)=N1. The van der Waals surface area contributed by atoms with Gasteiger partial charge < -0.3 is 19.7 Å². The summed E-state index contributed by atoms with van der Waals surface area (Å²) in [6.07, 6.45) is 0. The number of aliphatic hydroxyl groups is 2. The topological polar surface area (TPSA) is 83.6 Å². The Balaban J connectivity index is 2.03. The lowest BCUT2D eigenvalue weighted by Gasteiger charge is -1.99. The molecule has 2 aliphatic heterocycles. The summed E-state index contributed by atoms with van der Waals surface area (Å²) in [5.41, 5.74) is 0. The van der Waals surface area contributed by atoms with Gasteiger partial charge in [0.15, 0.2) is 0 Å². The van der Waals surface area contributed by atoms with Crippen molar-refractivity contribution < 1.29 is 19.7 Å². The van der Waals surface area contributed by atoms with Gasteiger partial charge in [-0.05, 0) is 0 Å². The molecule has 0 saturated heterocycles. The maximum Gasteiger partial charge on any atom is 0.273 e. The summed E-state index contributed by atoms with van der Waals surface area (Å²) in [5.74, 6) is 0.667. The molecule has 0 saturated carbocycles. The van der Waals surface area contributed by atoms with Crippen LogP contribution in [0.4, 0.5) is 0 Å². The van der Waals surface area contributed by atoms with E-state index in [2.05, 4.69) is 9.98 Å². The van der Waals surface area contributed by atoms with Crippen LogP contribution in [0.3, 0.4) is 0 Å². The molecular formula is C8H12N2O4. The van der Waals surface area contributed by atoms with Crippen LogP contribution in [0.2, 0.25) is 0 Å². The molecule has 0 aliphatic carbocycles. The van der Waals surface area contributed by atoms with Crippen molar-refractivity contribution in [2.24, 2.45) is 9.98 Å². The molecule has 0 aromatic heterocycles. The first-order chi connectivity index (χ1) is 6.83. The summed E-state index contributed by atoms with van der Waals surface area (Å²) in [5, 5.41) is 17.6. The maximum atomic E-state index is 8.82. The van der Waals surface area contributed by atoms with Crippen molar-refractivity contribution in [1.82, 2.24) is 0 Å². The van der Waals surface area contributed by atoms with Crippen LogP contribution in [-0.4, -0.2) is 60.5 Å². The average Bonchev–Trinajstić information content (AvgIpc) is 2.86. The van der Waals surface area contributed by atoms with Crippen LogP contribution in [0.15, 0.2) is 9.98 Å². The van der Waals surface area contributed by atoms with E-state index in [-0.39, 0.29) is 25.3 Å². The highest BCUT2D eigenvalue weighted by Crippen LogP contribution is 2.11. The van der Waals surface area contributed by atoms with E-state index < -0.39 is 0 Å². The molecule has 14 heavy (non-hydrogen) atoms. The van der Waals surface area contributed by atoms with Gasteiger partial charge in [0.2, 0.25) is 0 Å². The highest BCUT2D eigenvalue weighted by molar-refractivity contribution is 6.36. The Morgan fingerprint density at radius 2 is 1.43 bits per heavy atom. The van der Waals surface area contributed by atoms with Crippen LogP contribution in [0.1, 0.15) is 0 Å². The van der Waals surface area contributed by atoms with Gasteiger partial charge >= 0.3 is 0 Å². The summed E-state index contributed by atoms with van der Waals surface area (Å²) >= 11 is 0. The third-order valence-corrected chi connectivity index (χ3v) is 2.03. The molecule has 78 valence electrons. The summed E-state index contributed by atoms with van der Waals surface area (Å²) in [6.45, 7) is 0.635. The van der Waals surface area contributed by atoms with Gasteiger partial charge in [-0.15, -0.1) is 0 Å². The van der Waals surface area contributed by atoms with Crippen LogP contribution < -0.4 is 0 Å². The summed E-state index contributed by atoms with van der Waals surface area (Å²) in [4.78, 5) is 8.13. The van der Waals surface area contributed by atoms with E-state index in [4.69, 9.17) is 19.7 Å². The number of aliphatic imine (C=N–C) groups is 2. The van der Waals surface area contributed by atoms with E-state index in [1.165, 1.54) is 0 Å². The lowest BCUT2D eigenvalue weighted by molar-refractivity contribution is 0.221. The van der Waals surface area contributed by atoms with Crippen molar-refractivity contribution in [3.63, 3.8) is 0 Å². The zero-order valence-corrected chi connectivity index (χ0v) is 7.59. The third kappa shape index (κ3) is 1.71. The zero-order chi connectivity index (χ0) is 9.97. The highest BCUT2D eigenvalue weighted by atomic mass is 16.5. The van der Waals surface area contributed by atoms with Crippen LogP contribution in [0.5, 0.6) is 0 Å². The largest absolute Gasteiger partial charge is 0.472 e. The molecule has 2 atom stereocenters. The van der Waals surface area contributed by atoms with Crippen LogP contribution in [0.25, 0.3) is 0 Å². The average molecular weight is 200 g/mol. The molecule has 0 amide bonds. The molecule has 0 fully saturated rings. The van der Waals surface area contributed by atoms with Gasteiger partial charge in [0, 0.05) is 0 Å². The predicted octanol–water partition coefficient (Wildman–Crippen LogP) is -1.43. The fraction of sp³-hybridized carbons (Fsp3) is 0.750. The van der Waals surface area contributed by atoms with Gasteiger partial charge in [0.25, 0.3) is 11.8 Å². The Labute approximate surface area is 80.9 Å². The monoisotopic (exact) mass is 200 g/mol. The fourth-order valence-corrected chi connectivity index (χ4v) is 1.25. The standard InChI is InChI=1S/C8H12N2O4/c11-1-5-3-13-7(9-5)8-10-6(2-12)4-14-8/h5-6,11-12H,1-4H2/t5-,6-/m0/s1. The minimum Gasteiger partial charge on any atom is -0.472 e. The molecule has 0 spiro atoms. The molecule has 0 bridgehead atoms. The van der Waals surface area contributed by atoms with E-state index in [9.17, 15) is 0 Å². The minimum atomic E-state index is -0.218. The molecule has 2 N–H and O–H groups in total. The second kappa shape index (κ2) is 3.93. The summed E-state index contributed by atoms with van der Waals surface area (Å²) < 4.78 is 10.4. The van der Waals surface area contributed by atoms with Crippen LogP contribution in [-0.2, 0) is 9.47 Å². The number of hydrogen-bond donors (Lipinski definition) is 2. The van der Waals surface area contributed by atoms with Gasteiger partial charge in [-0.3, -0.25) is 0 Å². The summed E-state index contributed by atoms with van der Waals surface area (Å²) in [6, 6.07) is -0.436. The number of ether oxygens (including phenoxy) is 2. The van der Waals surface area contributed by atoms with Crippen molar-refractivity contribution in [3.05, 3.63) is 0 Å². The Kier molecular flexibility index (Phi) is 2.64. The van der Waals surface area contributed by atoms with E-state index in [0.717, 1.165) is 0 Å². The van der Waals surface area contributed by atoms with E-state index in [1.807, 2.05) is 0 Å². The molecular weight excluding hydrogens is 188 g/mol. The second-order valence-corrected chi connectivity index (χ2v) is 3.16. The van der Waals surface area contributed by atoms with E-state index >= 15 is 0 Å². The Hall–Kier alpha value is -1.14. The molecule has 2 rings (SSSR count). The molecule has 0 aromatic rings. The molecule has 0 aromatic carbocycles. The summed E-state index contributed by atoms with van der Waals surface area (Å²) in [7, 11) is 0. The first kappa shape index (κ1) is 9.42. The van der Waals surface area contributed by atoms with Crippen molar-refractivity contribution in [1.29, 1.82) is 0 Å². The van der Waals surface area contributed by atoms with Crippen molar-refractivity contribution in [3.8, 4) is 0 Å². The molecule has 6 heteroatoms. The van der Waals surface area contributed by atoms with E-state index in [0.29, 0.717) is 25.0 Å². The van der Waals surface area contributed by atoms with Crippen LogP contribution in [0, 0.1) is 0 Å². The zero-order valence-electron chi connectivity index (χ0n) is 7.59. The molecule has 0 unspecified atom stereocenters. The molecule has 2 heterocycles. The normalized spacial score (nSPS) is 30.7. The number of hydrogen-bond acceptors (Lipinski definition) is 6. The lowest BCUT2D eigenvalue weighted by Crippen LogP contribution is -2.14. The van der Waals surface area contributed by atoms with Gasteiger partial charge in [0.1, 0.15) is 25.3 Å². The highest BCUT2D eigenvalue weighted by Gasteiger charge is 2.28. The molecule has 2 aliphatic rings. The van der Waals surface area contributed by atoms with Crippen molar-refractivity contribution >= 4 is 11.8 Å². The van der Waals surface area contributed by atoms with Crippen LogP contribution >= 0.6 is 0 Å². The first-order valence-corrected chi connectivity index (χ1v) is 4.46. The fourth-order valence-electron chi connectivity index (χ4n) is 1.25. The lowest BCUT2D eigenvalue weighted by atomic mass is 10.4.